The van der Waals surface area contributed by atoms with Gasteiger partial charge in [-0.1, -0.05) is 35.9 Å². The molecule has 2 atom stereocenters. The Kier molecular flexibility index (Phi) is 6.26. The molecule has 1 amide bonds. The Labute approximate surface area is 177 Å². The molecule has 2 aromatic carbocycles. The van der Waals surface area contributed by atoms with Crippen molar-refractivity contribution in [1.82, 2.24) is 15.1 Å². The molecule has 0 fully saturated rings. The van der Waals surface area contributed by atoms with Crippen LogP contribution in [0.3, 0.4) is 0 Å². The minimum atomic E-state index is -3.37. The molecule has 0 bridgehead atoms. The molecule has 0 aliphatic heterocycles. The van der Waals surface area contributed by atoms with Crippen molar-refractivity contribution in [2.75, 3.05) is 11.6 Å². The van der Waals surface area contributed by atoms with Gasteiger partial charge in [0.25, 0.3) is 5.91 Å². The highest BCUT2D eigenvalue weighted by molar-refractivity contribution is 7.91. The fourth-order valence-electron chi connectivity index (χ4n) is 3.11. The quantitative estimate of drug-likeness (QED) is 0.604. The number of hydrogen-bond donors (Lipinski definition) is 2. The average molecular weight is 427 g/mol. The molecule has 0 radical (unpaired) electrons. The first-order chi connectivity index (χ1) is 14.1. The van der Waals surface area contributed by atoms with Gasteiger partial charge in [-0.15, -0.1) is 0 Å². The Morgan fingerprint density at radius 3 is 2.40 bits per heavy atom. The molecular formula is C22H26N4O3S. The Hall–Kier alpha value is -3.13. The lowest BCUT2D eigenvalue weighted by Crippen LogP contribution is -2.38. The third kappa shape index (κ3) is 5.27. The van der Waals surface area contributed by atoms with Gasteiger partial charge in [-0.3, -0.25) is 9.48 Å². The molecule has 1 aromatic heterocycles. The molecule has 8 heteroatoms. The molecule has 0 unspecified atom stereocenters. The summed E-state index contributed by atoms with van der Waals surface area (Å²) in [6, 6.07) is 13.9. The van der Waals surface area contributed by atoms with Crippen LogP contribution in [0.2, 0.25) is 0 Å². The number of nitrogens with zero attached hydrogens (tertiary/aromatic N) is 2. The second-order valence-corrected chi connectivity index (χ2v) is 9.91. The van der Waals surface area contributed by atoms with Crippen LogP contribution in [-0.4, -0.2) is 35.6 Å². The first-order valence-electron chi connectivity index (χ1n) is 9.55. The number of aromatic nitrogens is 2. The lowest BCUT2D eigenvalue weighted by atomic mass is 10.0. The van der Waals surface area contributed by atoms with Crippen molar-refractivity contribution < 1.29 is 13.2 Å². The minimum Gasteiger partial charge on any atom is -0.353 e. The van der Waals surface area contributed by atoms with E-state index in [0.29, 0.717) is 5.56 Å². The van der Waals surface area contributed by atoms with Crippen LogP contribution in [0.5, 0.6) is 0 Å². The number of rotatable bonds is 7. The van der Waals surface area contributed by atoms with E-state index in [-0.39, 0.29) is 5.91 Å². The van der Waals surface area contributed by atoms with Gasteiger partial charge in [-0.05, 0) is 37.6 Å². The van der Waals surface area contributed by atoms with Gasteiger partial charge in [0.05, 0.1) is 23.2 Å². The van der Waals surface area contributed by atoms with Gasteiger partial charge in [0.2, 0.25) is 0 Å². The highest BCUT2D eigenvalue weighted by Crippen LogP contribution is 2.24. The van der Waals surface area contributed by atoms with Crippen LogP contribution in [-0.2, 0) is 16.9 Å². The van der Waals surface area contributed by atoms with Crippen LogP contribution in [0.4, 0.5) is 11.4 Å². The highest BCUT2D eigenvalue weighted by atomic mass is 32.2. The van der Waals surface area contributed by atoms with Crippen molar-refractivity contribution in [3.05, 3.63) is 77.6 Å². The van der Waals surface area contributed by atoms with E-state index in [1.165, 1.54) is 6.26 Å². The normalized spacial score (nSPS) is 13.5. The van der Waals surface area contributed by atoms with Gasteiger partial charge in [-0.2, -0.15) is 5.10 Å². The fourth-order valence-corrected chi connectivity index (χ4v) is 3.83. The molecular weight excluding hydrogens is 400 g/mol. The summed E-state index contributed by atoms with van der Waals surface area (Å²) in [5, 5.41) is 9.44. The second kappa shape index (κ2) is 8.71. The number of amides is 1. The maximum absolute atomic E-state index is 13.0. The molecule has 3 aromatic rings. The summed E-state index contributed by atoms with van der Waals surface area (Å²) in [6.07, 6.45) is 4.70. The Morgan fingerprint density at radius 2 is 1.80 bits per heavy atom. The average Bonchev–Trinajstić information content (AvgIpc) is 3.10. The number of carbonyl (C=O) groups is 1. The van der Waals surface area contributed by atoms with Gasteiger partial charge in [0.15, 0.2) is 9.84 Å². The van der Waals surface area contributed by atoms with E-state index in [4.69, 9.17) is 0 Å². The lowest BCUT2D eigenvalue weighted by molar-refractivity contribution is 0.0936. The molecule has 0 spiro atoms. The van der Waals surface area contributed by atoms with Crippen molar-refractivity contribution in [3.8, 4) is 0 Å². The van der Waals surface area contributed by atoms with Crippen LogP contribution < -0.4 is 10.6 Å². The number of aryl methyl sites for hydroxylation is 2. The van der Waals surface area contributed by atoms with E-state index < -0.39 is 21.1 Å². The van der Waals surface area contributed by atoms with Crippen molar-refractivity contribution in [2.45, 2.75) is 25.1 Å². The van der Waals surface area contributed by atoms with Gasteiger partial charge < -0.3 is 10.6 Å². The van der Waals surface area contributed by atoms with E-state index in [2.05, 4.69) is 15.7 Å². The molecule has 2 N–H and O–H groups in total. The first-order valence-corrected chi connectivity index (χ1v) is 11.5. The predicted molar refractivity (Wildman–Crippen MR) is 119 cm³/mol. The van der Waals surface area contributed by atoms with E-state index in [0.717, 1.165) is 22.5 Å². The zero-order valence-corrected chi connectivity index (χ0v) is 18.3. The second-order valence-electron chi connectivity index (χ2n) is 7.50. The largest absolute Gasteiger partial charge is 0.353 e. The molecule has 0 saturated carbocycles. The molecule has 30 heavy (non-hydrogen) atoms. The number of benzene rings is 2. The summed E-state index contributed by atoms with van der Waals surface area (Å²) in [7, 11) is -1.55. The zero-order valence-electron chi connectivity index (χ0n) is 17.5. The summed E-state index contributed by atoms with van der Waals surface area (Å²) < 4.78 is 26.1. The number of anilines is 2. The van der Waals surface area contributed by atoms with E-state index in [1.807, 2.05) is 50.5 Å². The molecule has 7 nitrogen and oxygen atoms in total. The van der Waals surface area contributed by atoms with Crippen molar-refractivity contribution >= 4 is 27.1 Å². The van der Waals surface area contributed by atoms with Crippen molar-refractivity contribution in [1.29, 1.82) is 0 Å². The Bertz CT molecular complexity index is 1140. The van der Waals surface area contributed by atoms with E-state index in [9.17, 15) is 13.2 Å². The highest BCUT2D eigenvalue weighted by Gasteiger charge is 2.29. The third-order valence-corrected chi connectivity index (χ3v) is 6.61. The molecule has 0 saturated heterocycles. The van der Waals surface area contributed by atoms with Crippen molar-refractivity contribution in [2.24, 2.45) is 7.05 Å². The van der Waals surface area contributed by atoms with E-state index in [1.54, 1.807) is 36.0 Å². The SMILES string of the molecule is Cc1ccc([C@H](NC(=O)c2cccc(Nc3cnn(C)c3)c2)[C@H](C)S(C)(=O)=O)cc1. The van der Waals surface area contributed by atoms with Crippen molar-refractivity contribution in [3.63, 3.8) is 0 Å². The summed E-state index contributed by atoms with van der Waals surface area (Å²) in [5.74, 6) is -0.342. The monoisotopic (exact) mass is 426 g/mol. The van der Waals surface area contributed by atoms with Crippen LogP contribution >= 0.6 is 0 Å². The molecule has 0 aliphatic carbocycles. The van der Waals surface area contributed by atoms with Gasteiger partial charge in [-0.25, -0.2) is 8.42 Å². The zero-order chi connectivity index (χ0) is 21.9. The summed E-state index contributed by atoms with van der Waals surface area (Å²) in [6.45, 7) is 3.57. The van der Waals surface area contributed by atoms with Crippen LogP contribution in [0, 0.1) is 6.92 Å². The lowest BCUT2D eigenvalue weighted by Gasteiger charge is -2.25. The van der Waals surface area contributed by atoms with Crippen LogP contribution in [0.15, 0.2) is 60.9 Å². The maximum Gasteiger partial charge on any atom is 0.251 e. The predicted octanol–water partition coefficient (Wildman–Crippen LogP) is 3.38. The summed E-state index contributed by atoms with van der Waals surface area (Å²) in [5.41, 5.74) is 3.78. The number of hydrogen-bond acceptors (Lipinski definition) is 5. The van der Waals surface area contributed by atoms with Gasteiger partial charge in [0.1, 0.15) is 0 Å². The van der Waals surface area contributed by atoms with Gasteiger partial charge >= 0.3 is 0 Å². The standard InChI is InChI=1S/C22H26N4O3S/c1-15-8-10-17(11-9-15)21(16(2)30(4,28)29)25-22(27)18-6-5-7-19(12-18)24-20-13-23-26(3)14-20/h5-14,16,21,24H,1-4H3,(H,25,27)/t16-,21+/m0/s1. The number of carbonyl (C=O) groups excluding carboxylic acids is 1. The summed E-state index contributed by atoms with van der Waals surface area (Å²) >= 11 is 0. The Balaban J connectivity index is 1.84. The third-order valence-electron chi connectivity index (χ3n) is 4.99. The number of sulfone groups is 1. The maximum atomic E-state index is 13.0. The fraction of sp³-hybridized carbons (Fsp3) is 0.273. The summed E-state index contributed by atoms with van der Waals surface area (Å²) in [4.78, 5) is 13.0. The molecule has 1 heterocycles. The van der Waals surface area contributed by atoms with Gasteiger partial charge in [0, 0.05) is 30.8 Å². The van der Waals surface area contributed by atoms with E-state index >= 15 is 0 Å². The molecule has 3 rings (SSSR count). The molecule has 0 aliphatic rings. The smallest absolute Gasteiger partial charge is 0.251 e. The number of nitrogens with one attached hydrogen (secondary N) is 2. The van der Waals surface area contributed by atoms with Crippen LogP contribution in [0.25, 0.3) is 0 Å². The Morgan fingerprint density at radius 1 is 1.10 bits per heavy atom. The minimum absolute atomic E-state index is 0.342. The molecule has 158 valence electrons. The topological polar surface area (TPSA) is 93.1 Å². The first kappa shape index (κ1) is 21.6. The van der Waals surface area contributed by atoms with Crippen LogP contribution in [0.1, 0.15) is 34.5 Å².